The van der Waals surface area contributed by atoms with Gasteiger partial charge in [-0.05, 0) is 57.2 Å². The third-order valence-corrected chi connectivity index (χ3v) is 5.19. The minimum Gasteiger partial charge on any atom is -0.444 e. The Labute approximate surface area is 171 Å². The summed E-state index contributed by atoms with van der Waals surface area (Å²) in [5, 5.41) is 0.938. The lowest BCUT2D eigenvalue weighted by molar-refractivity contribution is -0.132. The van der Waals surface area contributed by atoms with E-state index >= 15 is 0 Å². The number of amides is 2. The molecule has 0 aromatic heterocycles. The molecule has 5 nitrogen and oxygen atoms in total. The molecular weight excluding hydrogens is 387 g/mol. The van der Waals surface area contributed by atoms with Gasteiger partial charge in [0.1, 0.15) is 5.60 Å². The standard InChI is InChI=1S/C20H28Cl2N2O3/c1-20(2,3)27-19(26)23(4)12-15-6-5-9-24(13-15)18(25)11-14-7-8-16(21)17(22)10-14/h7-8,10,15H,5-6,9,11-13H2,1-4H3. The predicted octanol–water partition coefficient (Wildman–Crippen LogP) is 4.64. The summed E-state index contributed by atoms with van der Waals surface area (Å²) < 4.78 is 5.40. The first kappa shape index (κ1) is 21.8. The summed E-state index contributed by atoms with van der Waals surface area (Å²) in [6, 6.07) is 5.27. The van der Waals surface area contributed by atoms with E-state index in [-0.39, 0.29) is 17.9 Å². The summed E-state index contributed by atoms with van der Waals surface area (Å²) in [4.78, 5) is 28.3. The van der Waals surface area contributed by atoms with Crippen LogP contribution in [-0.2, 0) is 16.0 Å². The van der Waals surface area contributed by atoms with Crippen molar-refractivity contribution in [1.82, 2.24) is 9.80 Å². The zero-order valence-corrected chi connectivity index (χ0v) is 17.9. The van der Waals surface area contributed by atoms with Crippen LogP contribution in [0.1, 0.15) is 39.2 Å². The Balaban J connectivity index is 1.89. The van der Waals surface area contributed by atoms with Crippen LogP contribution in [0.25, 0.3) is 0 Å². The van der Waals surface area contributed by atoms with Crippen molar-refractivity contribution in [3.8, 4) is 0 Å². The Bertz CT molecular complexity index is 688. The number of carbonyl (C=O) groups is 2. The molecule has 1 saturated heterocycles. The van der Waals surface area contributed by atoms with Crippen LogP contribution in [0.15, 0.2) is 18.2 Å². The van der Waals surface area contributed by atoms with Crippen LogP contribution in [0, 0.1) is 5.92 Å². The normalized spacial score (nSPS) is 17.6. The van der Waals surface area contributed by atoms with E-state index in [9.17, 15) is 9.59 Å². The van der Waals surface area contributed by atoms with Gasteiger partial charge in [-0.15, -0.1) is 0 Å². The molecule has 2 rings (SSSR count). The second-order valence-corrected chi connectivity index (χ2v) is 8.95. The van der Waals surface area contributed by atoms with Gasteiger partial charge in [-0.25, -0.2) is 4.79 Å². The fourth-order valence-corrected chi connectivity index (χ4v) is 3.50. The zero-order valence-electron chi connectivity index (χ0n) is 16.4. The number of halogens is 2. The molecule has 1 aromatic carbocycles. The number of rotatable bonds is 4. The highest BCUT2D eigenvalue weighted by atomic mass is 35.5. The van der Waals surface area contributed by atoms with Crippen LogP contribution in [0.4, 0.5) is 4.79 Å². The number of nitrogens with zero attached hydrogens (tertiary/aromatic N) is 2. The maximum atomic E-state index is 12.7. The molecular formula is C20H28Cl2N2O3. The third kappa shape index (κ3) is 6.89. The Morgan fingerprint density at radius 1 is 1.26 bits per heavy atom. The van der Waals surface area contributed by atoms with Crippen LogP contribution in [0.2, 0.25) is 10.0 Å². The summed E-state index contributed by atoms with van der Waals surface area (Å²) in [6.07, 6.45) is 1.89. The van der Waals surface area contributed by atoms with Gasteiger partial charge < -0.3 is 14.5 Å². The highest BCUT2D eigenvalue weighted by molar-refractivity contribution is 6.42. The van der Waals surface area contributed by atoms with Crippen LogP contribution in [0.5, 0.6) is 0 Å². The van der Waals surface area contributed by atoms with E-state index in [0.29, 0.717) is 29.6 Å². The van der Waals surface area contributed by atoms with E-state index in [1.807, 2.05) is 31.7 Å². The van der Waals surface area contributed by atoms with Crippen molar-refractivity contribution in [2.24, 2.45) is 5.92 Å². The van der Waals surface area contributed by atoms with Gasteiger partial charge in [0.05, 0.1) is 16.5 Å². The van der Waals surface area contributed by atoms with Gasteiger partial charge in [0.15, 0.2) is 0 Å². The van der Waals surface area contributed by atoms with Gasteiger partial charge in [0.2, 0.25) is 5.91 Å². The van der Waals surface area contributed by atoms with Crippen molar-refractivity contribution in [1.29, 1.82) is 0 Å². The maximum absolute atomic E-state index is 12.7. The molecule has 1 fully saturated rings. The Hall–Kier alpha value is -1.46. The van der Waals surface area contributed by atoms with Crippen LogP contribution in [0.3, 0.4) is 0 Å². The fraction of sp³-hybridized carbons (Fsp3) is 0.600. The molecule has 7 heteroatoms. The van der Waals surface area contributed by atoms with E-state index in [2.05, 4.69) is 0 Å². The number of piperidine rings is 1. The summed E-state index contributed by atoms with van der Waals surface area (Å²) in [7, 11) is 1.74. The lowest BCUT2D eigenvalue weighted by atomic mass is 9.97. The van der Waals surface area contributed by atoms with E-state index in [0.717, 1.165) is 24.9 Å². The second kappa shape index (κ2) is 9.16. The quantitative estimate of drug-likeness (QED) is 0.720. The molecule has 0 radical (unpaired) electrons. The minimum atomic E-state index is -0.514. The summed E-state index contributed by atoms with van der Waals surface area (Å²) in [6.45, 7) is 7.51. The van der Waals surface area contributed by atoms with Crippen LogP contribution < -0.4 is 0 Å². The lowest BCUT2D eigenvalue weighted by Gasteiger charge is -2.35. The SMILES string of the molecule is CN(CC1CCCN(C(=O)Cc2ccc(Cl)c(Cl)c2)C1)C(=O)OC(C)(C)C. The molecule has 1 aliphatic rings. The first-order valence-corrected chi connectivity index (χ1v) is 9.96. The molecule has 27 heavy (non-hydrogen) atoms. The number of hydrogen-bond donors (Lipinski definition) is 0. The Kier molecular flexibility index (Phi) is 7.40. The number of carbonyl (C=O) groups excluding carboxylic acids is 2. The molecule has 0 aliphatic carbocycles. The molecule has 0 saturated carbocycles. The molecule has 1 heterocycles. The summed E-state index contributed by atoms with van der Waals surface area (Å²) in [5.74, 6) is 0.312. The minimum absolute atomic E-state index is 0.0676. The van der Waals surface area contributed by atoms with Crippen LogP contribution >= 0.6 is 23.2 Å². The van der Waals surface area contributed by atoms with E-state index in [4.69, 9.17) is 27.9 Å². The molecule has 0 spiro atoms. The van der Waals surface area contributed by atoms with Gasteiger partial charge >= 0.3 is 6.09 Å². The van der Waals surface area contributed by atoms with Gasteiger partial charge in [0.25, 0.3) is 0 Å². The first-order chi connectivity index (χ1) is 12.5. The average Bonchev–Trinajstić information content (AvgIpc) is 2.57. The summed E-state index contributed by atoms with van der Waals surface area (Å²) in [5.41, 5.74) is 0.335. The number of likely N-dealkylation sites (tertiary alicyclic amines) is 1. The smallest absolute Gasteiger partial charge is 0.410 e. The molecule has 1 aromatic rings. The molecule has 1 unspecified atom stereocenters. The Morgan fingerprint density at radius 2 is 1.96 bits per heavy atom. The number of benzene rings is 1. The van der Waals surface area contributed by atoms with Crippen molar-refractivity contribution in [3.05, 3.63) is 33.8 Å². The van der Waals surface area contributed by atoms with Gasteiger partial charge in [-0.3, -0.25) is 4.79 Å². The highest BCUT2D eigenvalue weighted by Crippen LogP contribution is 2.24. The third-order valence-electron chi connectivity index (χ3n) is 4.45. The van der Waals surface area contributed by atoms with Crippen LogP contribution in [-0.4, -0.2) is 54.1 Å². The van der Waals surface area contributed by atoms with Crippen molar-refractivity contribution in [2.75, 3.05) is 26.7 Å². The topological polar surface area (TPSA) is 49.9 Å². The van der Waals surface area contributed by atoms with Crippen molar-refractivity contribution in [3.63, 3.8) is 0 Å². The van der Waals surface area contributed by atoms with Crippen molar-refractivity contribution < 1.29 is 14.3 Å². The van der Waals surface area contributed by atoms with Gasteiger partial charge in [-0.1, -0.05) is 29.3 Å². The van der Waals surface area contributed by atoms with Gasteiger partial charge in [0, 0.05) is 26.7 Å². The zero-order chi connectivity index (χ0) is 20.2. The predicted molar refractivity (Wildman–Crippen MR) is 108 cm³/mol. The van der Waals surface area contributed by atoms with Crippen molar-refractivity contribution in [2.45, 2.75) is 45.6 Å². The lowest BCUT2D eigenvalue weighted by Crippen LogP contribution is -2.45. The molecule has 0 N–H and O–H groups in total. The number of ether oxygens (including phenoxy) is 1. The monoisotopic (exact) mass is 414 g/mol. The molecule has 1 atom stereocenters. The number of hydrogen-bond acceptors (Lipinski definition) is 3. The van der Waals surface area contributed by atoms with E-state index in [1.54, 1.807) is 24.1 Å². The summed E-state index contributed by atoms with van der Waals surface area (Å²) >= 11 is 12.0. The average molecular weight is 415 g/mol. The van der Waals surface area contributed by atoms with Crippen molar-refractivity contribution >= 4 is 35.2 Å². The second-order valence-electron chi connectivity index (χ2n) is 8.13. The molecule has 2 amide bonds. The van der Waals surface area contributed by atoms with E-state index < -0.39 is 5.60 Å². The molecule has 150 valence electrons. The Morgan fingerprint density at radius 3 is 2.59 bits per heavy atom. The molecule has 0 bridgehead atoms. The fourth-order valence-electron chi connectivity index (χ4n) is 3.18. The van der Waals surface area contributed by atoms with Gasteiger partial charge in [-0.2, -0.15) is 0 Å². The highest BCUT2D eigenvalue weighted by Gasteiger charge is 2.27. The van der Waals surface area contributed by atoms with E-state index in [1.165, 1.54) is 0 Å². The largest absolute Gasteiger partial charge is 0.444 e. The molecule has 1 aliphatic heterocycles. The first-order valence-electron chi connectivity index (χ1n) is 9.21. The maximum Gasteiger partial charge on any atom is 0.410 e.